The topological polar surface area (TPSA) is 83.2 Å². The SMILES string of the molecule is CC[C@@]1(c2cccc(Oc3cc(C4(c5cncn5C)CCCN4)ccc3C#N)c2)CCCCN(C)C1=O. The first-order chi connectivity index (χ1) is 17.9. The smallest absolute Gasteiger partial charge is 0.232 e. The summed E-state index contributed by atoms with van der Waals surface area (Å²) >= 11 is 0. The average molecular weight is 498 g/mol. The maximum atomic E-state index is 13.5. The third-order valence-electron chi connectivity index (χ3n) is 8.33. The number of aryl methyl sites for hydroxylation is 1. The fourth-order valence-corrected chi connectivity index (χ4v) is 6.22. The molecule has 37 heavy (non-hydrogen) atoms. The van der Waals surface area contributed by atoms with E-state index in [4.69, 9.17) is 4.74 Å². The van der Waals surface area contributed by atoms with Crippen molar-refractivity contribution in [2.75, 3.05) is 20.1 Å². The Morgan fingerprint density at radius 2 is 1.97 bits per heavy atom. The molecule has 1 amide bonds. The van der Waals surface area contributed by atoms with Gasteiger partial charge in [0.25, 0.3) is 0 Å². The number of nitrogens with zero attached hydrogens (tertiary/aromatic N) is 4. The zero-order valence-electron chi connectivity index (χ0n) is 22.0. The van der Waals surface area contributed by atoms with Crippen LogP contribution in [0.3, 0.4) is 0 Å². The third-order valence-corrected chi connectivity index (χ3v) is 8.33. The summed E-state index contributed by atoms with van der Waals surface area (Å²) in [5.74, 6) is 1.32. The Morgan fingerprint density at radius 1 is 1.11 bits per heavy atom. The molecule has 1 unspecified atom stereocenters. The van der Waals surface area contributed by atoms with Crippen LogP contribution in [0.2, 0.25) is 0 Å². The molecule has 2 fully saturated rings. The summed E-state index contributed by atoms with van der Waals surface area (Å²) in [7, 11) is 3.91. The minimum atomic E-state index is -0.554. The maximum Gasteiger partial charge on any atom is 0.232 e. The molecule has 192 valence electrons. The molecular weight excluding hydrogens is 462 g/mol. The highest BCUT2D eigenvalue weighted by molar-refractivity contribution is 5.88. The van der Waals surface area contributed by atoms with Crippen LogP contribution in [-0.4, -0.2) is 40.5 Å². The summed E-state index contributed by atoms with van der Waals surface area (Å²) in [5.41, 5.74) is 2.64. The van der Waals surface area contributed by atoms with Crippen molar-refractivity contribution in [3.63, 3.8) is 0 Å². The minimum Gasteiger partial charge on any atom is -0.456 e. The van der Waals surface area contributed by atoms with Crippen molar-refractivity contribution in [3.05, 3.63) is 77.4 Å². The summed E-state index contributed by atoms with van der Waals surface area (Å²) in [6.07, 6.45) is 9.30. The second kappa shape index (κ2) is 10.0. The van der Waals surface area contributed by atoms with E-state index in [1.165, 1.54) is 0 Å². The van der Waals surface area contributed by atoms with Crippen molar-refractivity contribution < 1.29 is 9.53 Å². The molecule has 0 saturated carbocycles. The number of carbonyl (C=O) groups excluding carboxylic acids is 1. The normalized spacial score (nSPS) is 24.1. The molecule has 2 saturated heterocycles. The average Bonchev–Trinajstić information content (AvgIpc) is 3.55. The number of nitrogens with one attached hydrogen (secondary N) is 1. The van der Waals surface area contributed by atoms with Gasteiger partial charge in [0.05, 0.1) is 34.7 Å². The van der Waals surface area contributed by atoms with Gasteiger partial charge in [0, 0.05) is 20.6 Å². The number of hydrogen-bond acceptors (Lipinski definition) is 5. The lowest BCUT2D eigenvalue weighted by atomic mass is 9.73. The molecule has 5 rings (SSSR count). The highest BCUT2D eigenvalue weighted by atomic mass is 16.5. The molecule has 2 aliphatic heterocycles. The molecule has 2 atom stereocenters. The van der Waals surface area contributed by atoms with Crippen LogP contribution in [0.15, 0.2) is 55.0 Å². The lowest BCUT2D eigenvalue weighted by Gasteiger charge is -2.33. The Hall–Kier alpha value is -3.63. The first-order valence-electron chi connectivity index (χ1n) is 13.2. The van der Waals surface area contributed by atoms with E-state index in [1.54, 1.807) is 0 Å². The van der Waals surface area contributed by atoms with E-state index in [9.17, 15) is 10.1 Å². The van der Waals surface area contributed by atoms with Gasteiger partial charge < -0.3 is 19.5 Å². The molecule has 0 spiro atoms. The molecule has 1 N–H and O–H groups in total. The first-order valence-corrected chi connectivity index (χ1v) is 13.2. The van der Waals surface area contributed by atoms with Crippen LogP contribution in [0.4, 0.5) is 0 Å². The van der Waals surface area contributed by atoms with Crippen LogP contribution >= 0.6 is 0 Å². The molecule has 0 radical (unpaired) electrons. The Labute approximate surface area is 219 Å². The molecular formula is C30H35N5O2. The van der Waals surface area contributed by atoms with E-state index in [0.29, 0.717) is 17.1 Å². The summed E-state index contributed by atoms with van der Waals surface area (Å²) in [6, 6.07) is 16.0. The number of likely N-dealkylation sites (tertiary alicyclic amines) is 1. The van der Waals surface area contributed by atoms with Crippen molar-refractivity contribution in [2.45, 2.75) is 56.4 Å². The van der Waals surface area contributed by atoms with Crippen molar-refractivity contribution >= 4 is 5.91 Å². The van der Waals surface area contributed by atoms with Crippen LogP contribution in [0.5, 0.6) is 11.5 Å². The van der Waals surface area contributed by atoms with Gasteiger partial charge in [-0.25, -0.2) is 4.98 Å². The van der Waals surface area contributed by atoms with E-state index >= 15 is 0 Å². The number of likely N-dealkylation sites (N-methyl/N-ethyl adjacent to an activating group) is 1. The molecule has 7 nitrogen and oxygen atoms in total. The lowest BCUT2D eigenvalue weighted by Crippen LogP contribution is -2.43. The fourth-order valence-electron chi connectivity index (χ4n) is 6.22. The summed E-state index contributed by atoms with van der Waals surface area (Å²) in [6.45, 7) is 3.79. The summed E-state index contributed by atoms with van der Waals surface area (Å²) in [5, 5.41) is 13.6. The van der Waals surface area contributed by atoms with Gasteiger partial charge >= 0.3 is 0 Å². The van der Waals surface area contributed by atoms with Gasteiger partial charge in [-0.3, -0.25) is 4.79 Å². The standard InChI is InChI=1S/C30H35N5O2/c1-4-29(13-5-6-16-34(2)28(29)36)23-9-7-10-25(17-23)37-26-18-24(12-11-22(26)19-31)30(14-8-15-33-30)27-20-32-21-35(27)3/h7,9-12,17-18,20-21,33H,4-6,8,13-16H2,1-3H3/t29-,30?/m0/s1. The van der Waals surface area contributed by atoms with Crippen molar-refractivity contribution in [3.8, 4) is 17.6 Å². The van der Waals surface area contributed by atoms with Gasteiger partial charge in [-0.05, 0) is 74.0 Å². The van der Waals surface area contributed by atoms with E-state index in [0.717, 1.165) is 68.4 Å². The van der Waals surface area contributed by atoms with Crippen molar-refractivity contribution in [1.29, 1.82) is 5.26 Å². The van der Waals surface area contributed by atoms with E-state index in [-0.39, 0.29) is 11.4 Å². The molecule has 2 aromatic carbocycles. The summed E-state index contributed by atoms with van der Waals surface area (Å²) in [4.78, 5) is 19.7. The van der Waals surface area contributed by atoms with E-state index < -0.39 is 5.41 Å². The molecule has 0 aliphatic carbocycles. The predicted molar refractivity (Wildman–Crippen MR) is 142 cm³/mol. The minimum absolute atomic E-state index is 0.176. The van der Waals surface area contributed by atoms with Crippen molar-refractivity contribution in [2.24, 2.45) is 7.05 Å². The third kappa shape index (κ3) is 4.30. The molecule has 1 aromatic heterocycles. The Kier molecular flexibility index (Phi) is 6.78. The van der Waals surface area contributed by atoms with Crippen molar-refractivity contribution in [1.82, 2.24) is 19.8 Å². The molecule has 2 aliphatic rings. The number of amides is 1. The molecule has 3 heterocycles. The number of nitriles is 1. The highest BCUT2D eigenvalue weighted by Gasteiger charge is 2.42. The zero-order valence-corrected chi connectivity index (χ0v) is 22.0. The predicted octanol–water partition coefficient (Wildman–Crippen LogP) is 5.00. The number of aromatic nitrogens is 2. The monoisotopic (exact) mass is 497 g/mol. The highest BCUT2D eigenvalue weighted by Crippen LogP contribution is 2.42. The van der Waals surface area contributed by atoms with Crippen LogP contribution < -0.4 is 10.1 Å². The first kappa shape index (κ1) is 25.0. The maximum absolute atomic E-state index is 13.5. The summed E-state index contributed by atoms with van der Waals surface area (Å²) < 4.78 is 8.46. The van der Waals surface area contributed by atoms with Gasteiger partial charge in [0.15, 0.2) is 0 Å². The van der Waals surface area contributed by atoms with Crippen LogP contribution in [-0.2, 0) is 22.8 Å². The number of ether oxygens (including phenoxy) is 1. The van der Waals surface area contributed by atoms with E-state index in [1.807, 2.05) is 78.6 Å². The number of rotatable bonds is 6. The van der Waals surface area contributed by atoms with Gasteiger partial charge in [-0.2, -0.15) is 5.26 Å². The van der Waals surface area contributed by atoms with Gasteiger partial charge in [-0.1, -0.05) is 31.5 Å². The molecule has 7 heteroatoms. The Bertz CT molecular complexity index is 1330. The van der Waals surface area contributed by atoms with E-state index in [2.05, 4.69) is 23.3 Å². The van der Waals surface area contributed by atoms with Crippen LogP contribution in [0.1, 0.15) is 67.8 Å². The van der Waals surface area contributed by atoms with Gasteiger partial charge in [0.2, 0.25) is 5.91 Å². The number of carbonyl (C=O) groups is 1. The quantitative estimate of drug-likeness (QED) is 0.518. The lowest BCUT2D eigenvalue weighted by molar-refractivity contribution is -0.135. The van der Waals surface area contributed by atoms with Crippen LogP contribution in [0, 0.1) is 11.3 Å². The second-order valence-corrected chi connectivity index (χ2v) is 10.4. The zero-order chi connectivity index (χ0) is 26.0. The second-order valence-electron chi connectivity index (χ2n) is 10.4. The Morgan fingerprint density at radius 3 is 2.68 bits per heavy atom. The number of hydrogen-bond donors (Lipinski definition) is 1. The van der Waals surface area contributed by atoms with Gasteiger partial charge in [0.1, 0.15) is 17.6 Å². The molecule has 0 bridgehead atoms. The Balaban J connectivity index is 1.53. The largest absolute Gasteiger partial charge is 0.456 e. The number of imidazole rings is 1. The van der Waals surface area contributed by atoms with Gasteiger partial charge in [-0.15, -0.1) is 0 Å². The molecule has 3 aromatic rings. The van der Waals surface area contributed by atoms with Crippen LogP contribution in [0.25, 0.3) is 0 Å². The number of benzene rings is 2. The fraction of sp³-hybridized carbons (Fsp3) is 0.433.